The van der Waals surface area contributed by atoms with E-state index in [1.165, 1.54) is 4.90 Å². The fourth-order valence-electron chi connectivity index (χ4n) is 4.39. The third-order valence-electron chi connectivity index (χ3n) is 5.72. The summed E-state index contributed by atoms with van der Waals surface area (Å²) in [7, 11) is 1.77. The van der Waals surface area contributed by atoms with E-state index in [1.807, 2.05) is 0 Å². The molecule has 3 saturated heterocycles. The maximum Gasteiger partial charge on any atom is 0.268 e. The standard InChI is InChI=1S/C18H23N5O5/c1-21-5-2-3-12(21)16(25)20-11-4-6-22-15(11)18(27)23-8-10(28-9-14(19)24)7-13(23)17(22)26/h2-3,5,10-11,13,15H,4,6-9H2,1H3,(H2,19,24)(H,20,25). The van der Waals surface area contributed by atoms with E-state index in [1.54, 1.807) is 34.8 Å². The molecule has 1 aromatic rings. The van der Waals surface area contributed by atoms with Crippen molar-refractivity contribution in [3.8, 4) is 0 Å². The minimum absolute atomic E-state index is 0.134. The Morgan fingerprint density at radius 2 is 2.07 bits per heavy atom. The molecular formula is C18H23N5O5. The van der Waals surface area contributed by atoms with E-state index < -0.39 is 30.1 Å². The van der Waals surface area contributed by atoms with E-state index in [2.05, 4.69) is 5.32 Å². The smallest absolute Gasteiger partial charge is 0.268 e. The Labute approximate surface area is 161 Å². The molecule has 10 heteroatoms. The second-order valence-electron chi connectivity index (χ2n) is 7.49. The van der Waals surface area contributed by atoms with Crippen LogP contribution in [0.25, 0.3) is 0 Å². The van der Waals surface area contributed by atoms with Gasteiger partial charge in [-0.2, -0.15) is 0 Å². The highest BCUT2D eigenvalue weighted by Crippen LogP contribution is 2.33. The number of fused-ring (bicyclic) bond motifs is 2. The van der Waals surface area contributed by atoms with Gasteiger partial charge in [-0.1, -0.05) is 0 Å². The summed E-state index contributed by atoms with van der Waals surface area (Å²) in [6.07, 6.45) is 2.25. The number of hydrogen-bond acceptors (Lipinski definition) is 5. The summed E-state index contributed by atoms with van der Waals surface area (Å²) in [4.78, 5) is 52.5. The van der Waals surface area contributed by atoms with Gasteiger partial charge in [-0.05, 0) is 18.6 Å². The number of aryl methyl sites for hydroxylation is 1. The van der Waals surface area contributed by atoms with Gasteiger partial charge in [0.1, 0.15) is 24.4 Å². The van der Waals surface area contributed by atoms with Crippen LogP contribution >= 0.6 is 0 Å². The molecule has 4 amide bonds. The molecule has 3 aliphatic rings. The zero-order valence-corrected chi connectivity index (χ0v) is 15.5. The summed E-state index contributed by atoms with van der Waals surface area (Å²) >= 11 is 0. The predicted octanol–water partition coefficient (Wildman–Crippen LogP) is -1.79. The van der Waals surface area contributed by atoms with Crippen LogP contribution in [0, 0.1) is 0 Å². The molecule has 0 aromatic carbocycles. The monoisotopic (exact) mass is 389 g/mol. The van der Waals surface area contributed by atoms with Gasteiger partial charge < -0.3 is 30.2 Å². The predicted molar refractivity (Wildman–Crippen MR) is 95.8 cm³/mol. The lowest BCUT2D eigenvalue weighted by Gasteiger charge is -2.40. The molecule has 150 valence electrons. The van der Waals surface area contributed by atoms with E-state index in [-0.39, 0.29) is 30.9 Å². The molecule has 28 heavy (non-hydrogen) atoms. The molecule has 0 radical (unpaired) electrons. The maximum absolute atomic E-state index is 13.1. The van der Waals surface area contributed by atoms with Gasteiger partial charge in [0.15, 0.2) is 0 Å². The summed E-state index contributed by atoms with van der Waals surface area (Å²) in [6, 6.07) is 1.75. The number of primary amides is 1. The maximum atomic E-state index is 13.1. The Balaban J connectivity index is 1.48. The van der Waals surface area contributed by atoms with Crippen LogP contribution in [0.15, 0.2) is 18.3 Å². The lowest BCUT2D eigenvalue weighted by molar-refractivity contribution is -0.157. The molecule has 0 bridgehead atoms. The van der Waals surface area contributed by atoms with Crippen LogP contribution in [0.5, 0.6) is 0 Å². The van der Waals surface area contributed by atoms with Crippen LogP contribution in [-0.2, 0) is 26.2 Å². The highest BCUT2D eigenvalue weighted by Gasteiger charge is 2.55. The molecule has 3 fully saturated rings. The van der Waals surface area contributed by atoms with Gasteiger partial charge in [0, 0.05) is 32.8 Å². The molecule has 4 atom stereocenters. The Bertz CT molecular complexity index is 836. The number of nitrogens with zero attached hydrogens (tertiary/aromatic N) is 3. The minimum Gasteiger partial charge on any atom is -0.368 e. The third-order valence-corrected chi connectivity index (χ3v) is 5.72. The number of amides is 4. The van der Waals surface area contributed by atoms with E-state index in [0.29, 0.717) is 25.1 Å². The normalized spacial score (nSPS) is 29.0. The molecular weight excluding hydrogens is 366 g/mol. The molecule has 0 spiro atoms. The van der Waals surface area contributed by atoms with E-state index in [0.717, 1.165) is 0 Å². The van der Waals surface area contributed by atoms with Crippen molar-refractivity contribution in [1.82, 2.24) is 19.7 Å². The summed E-state index contributed by atoms with van der Waals surface area (Å²) in [6.45, 7) is 0.423. The number of carbonyl (C=O) groups is 4. The highest BCUT2D eigenvalue weighted by molar-refractivity contribution is 6.00. The number of carbonyl (C=O) groups excluding carboxylic acids is 4. The van der Waals surface area contributed by atoms with Gasteiger partial charge in [0.25, 0.3) is 5.91 Å². The Morgan fingerprint density at radius 3 is 2.75 bits per heavy atom. The summed E-state index contributed by atoms with van der Waals surface area (Å²) in [5.41, 5.74) is 5.59. The van der Waals surface area contributed by atoms with Crippen LogP contribution in [0.2, 0.25) is 0 Å². The number of aromatic nitrogens is 1. The van der Waals surface area contributed by atoms with Crippen molar-refractivity contribution in [3.63, 3.8) is 0 Å². The lowest BCUT2D eigenvalue weighted by Crippen LogP contribution is -2.64. The highest BCUT2D eigenvalue weighted by atomic mass is 16.5. The average Bonchev–Trinajstić information content (AvgIpc) is 3.36. The van der Waals surface area contributed by atoms with Crippen molar-refractivity contribution in [2.45, 2.75) is 37.1 Å². The number of nitrogens with one attached hydrogen (secondary N) is 1. The van der Waals surface area contributed by atoms with Crippen molar-refractivity contribution in [3.05, 3.63) is 24.0 Å². The molecule has 1 aromatic heterocycles. The van der Waals surface area contributed by atoms with E-state index in [9.17, 15) is 19.2 Å². The van der Waals surface area contributed by atoms with Crippen molar-refractivity contribution in [2.24, 2.45) is 12.8 Å². The average molecular weight is 389 g/mol. The molecule has 0 saturated carbocycles. The van der Waals surface area contributed by atoms with Gasteiger partial charge in [0.05, 0.1) is 12.1 Å². The number of hydrogen-bond donors (Lipinski definition) is 2. The van der Waals surface area contributed by atoms with E-state index in [4.69, 9.17) is 10.5 Å². The first-order valence-electron chi connectivity index (χ1n) is 9.30. The lowest BCUT2D eigenvalue weighted by atomic mass is 10.0. The van der Waals surface area contributed by atoms with E-state index >= 15 is 0 Å². The summed E-state index contributed by atoms with van der Waals surface area (Å²) in [5, 5.41) is 2.91. The summed E-state index contributed by atoms with van der Waals surface area (Å²) < 4.78 is 7.12. The van der Waals surface area contributed by atoms with Crippen LogP contribution in [-0.4, -0.2) is 81.9 Å². The Hall–Kier alpha value is -2.88. The first-order valence-corrected chi connectivity index (χ1v) is 9.30. The van der Waals surface area contributed by atoms with Gasteiger partial charge in [-0.25, -0.2) is 0 Å². The number of ether oxygens (including phenoxy) is 1. The molecule has 4 rings (SSSR count). The SMILES string of the molecule is Cn1cccc1C(=O)NC1CCN2C(=O)C3CC(OCC(N)=O)CN3C(=O)C12. The fourth-order valence-corrected chi connectivity index (χ4v) is 4.39. The van der Waals surface area contributed by atoms with Gasteiger partial charge in [0.2, 0.25) is 17.7 Å². The number of piperazine rings is 1. The van der Waals surface area contributed by atoms with Crippen LogP contribution < -0.4 is 11.1 Å². The molecule has 10 nitrogen and oxygen atoms in total. The van der Waals surface area contributed by atoms with Crippen LogP contribution in [0.3, 0.4) is 0 Å². The van der Waals surface area contributed by atoms with Crippen molar-refractivity contribution >= 4 is 23.6 Å². The van der Waals surface area contributed by atoms with Gasteiger partial charge in [-0.15, -0.1) is 0 Å². The van der Waals surface area contributed by atoms with Crippen molar-refractivity contribution < 1.29 is 23.9 Å². The van der Waals surface area contributed by atoms with Gasteiger partial charge in [-0.3, -0.25) is 19.2 Å². The molecule has 3 N–H and O–H groups in total. The largest absolute Gasteiger partial charge is 0.368 e. The van der Waals surface area contributed by atoms with Gasteiger partial charge >= 0.3 is 0 Å². The minimum atomic E-state index is -0.706. The third kappa shape index (κ3) is 3.03. The fraction of sp³-hybridized carbons (Fsp3) is 0.556. The molecule has 0 aliphatic carbocycles. The molecule has 3 aliphatic heterocycles. The van der Waals surface area contributed by atoms with Crippen LogP contribution in [0.1, 0.15) is 23.3 Å². The van der Waals surface area contributed by atoms with Crippen molar-refractivity contribution in [2.75, 3.05) is 19.7 Å². The Morgan fingerprint density at radius 1 is 1.29 bits per heavy atom. The molecule has 4 heterocycles. The second kappa shape index (κ2) is 6.93. The second-order valence-corrected chi connectivity index (χ2v) is 7.49. The summed E-state index contributed by atoms with van der Waals surface area (Å²) in [5.74, 6) is -1.19. The quantitative estimate of drug-likeness (QED) is 0.615. The number of nitrogens with two attached hydrogens (primary N) is 1. The number of rotatable bonds is 5. The van der Waals surface area contributed by atoms with Crippen LogP contribution in [0.4, 0.5) is 0 Å². The Kier molecular flexibility index (Phi) is 4.58. The first kappa shape index (κ1) is 18.5. The zero-order valence-electron chi connectivity index (χ0n) is 15.5. The topological polar surface area (TPSA) is 127 Å². The zero-order chi connectivity index (χ0) is 20.0. The first-order chi connectivity index (χ1) is 13.4. The molecule has 4 unspecified atom stereocenters. The van der Waals surface area contributed by atoms with Crippen molar-refractivity contribution in [1.29, 1.82) is 0 Å².